The predicted octanol–water partition coefficient (Wildman–Crippen LogP) is 0.899. The molecule has 0 fully saturated rings. The summed E-state index contributed by atoms with van der Waals surface area (Å²) in [5, 5.41) is 9.05. The lowest BCUT2D eigenvalue weighted by Crippen LogP contribution is -2.03. The Morgan fingerprint density at radius 2 is 1.82 bits per heavy atom. The van der Waals surface area contributed by atoms with E-state index in [4.69, 9.17) is 9.66 Å². The van der Waals surface area contributed by atoms with Crippen LogP contribution in [0.1, 0.15) is 11.0 Å². The third-order valence-electron chi connectivity index (χ3n) is 1.28. The summed E-state index contributed by atoms with van der Waals surface area (Å²) in [6.07, 6.45) is 0. The summed E-state index contributed by atoms with van der Waals surface area (Å²) < 4.78 is 18.9. The molecule has 0 saturated heterocycles. The molecule has 0 bridgehead atoms. The fourth-order valence-electron chi connectivity index (χ4n) is 0.734. The van der Waals surface area contributed by atoms with Crippen LogP contribution in [0.3, 0.4) is 0 Å². The summed E-state index contributed by atoms with van der Waals surface area (Å²) >= 11 is -2.21. The molecule has 0 aromatic heterocycles. The van der Waals surface area contributed by atoms with Crippen LogP contribution < -0.4 is 0 Å². The quantitative estimate of drug-likeness (QED) is 0.651. The molecule has 1 aromatic carbocycles. The molecule has 0 saturated carbocycles. The van der Waals surface area contributed by atoms with Gasteiger partial charge in [-0.25, -0.2) is 4.21 Å². The molecule has 0 aliphatic rings. The van der Waals surface area contributed by atoms with Crippen LogP contribution in [0.4, 0.5) is 0 Å². The van der Waals surface area contributed by atoms with Gasteiger partial charge in [0, 0.05) is 0 Å². The maximum atomic E-state index is 10.4. The van der Waals surface area contributed by atoms with Crippen molar-refractivity contribution in [3.05, 3.63) is 35.9 Å². The zero-order valence-electron chi connectivity index (χ0n) is 5.68. The predicted molar refractivity (Wildman–Crippen MR) is 42.2 cm³/mol. The fourth-order valence-corrected chi connectivity index (χ4v) is 1.12. The van der Waals surface area contributed by atoms with Gasteiger partial charge in [-0.3, -0.25) is 0 Å². The Kier molecular flexibility index (Phi) is 2.76. The lowest BCUT2D eigenvalue weighted by atomic mass is 10.2. The molecule has 0 amide bonds. The molecule has 3 nitrogen and oxygen atoms in total. The average Bonchev–Trinajstić information content (AvgIpc) is 2.05. The van der Waals surface area contributed by atoms with E-state index in [9.17, 15) is 4.21 Å². The first kappa shape index (κ1) is 8.39. The minimum atomic E-state index is -2.21. The fraction of sp³-hybridized carbons (Fsp3) is 0.143. The van der Waals surface area contributed by atoms with Gasteiger partial charge in [-0.15, -0.1) is 0 Å². The summed E-state index contributed by atoms with van der Waals surface area (Å²) in [6.45, 7) is 0. The monoisotopic (exact) mass is 172 g/mol. The van der Waals surface area contributed by atoms with E-state index in [-0.39, 0.29) is 0 Å². The van der Waals surface area contributed by atoms with Crippen LogP contribution in [-0.4, -0.2) is 13.9 Å². The van der Waals surface area contributed by atoms with Crippen LogP contribution in [0.15, 0.2) is 30.3 Å². The molecule has 0 heterocycles. The van der Waals surface area contributed by atoms with E-state index >= 15 is 0 Å². The molecule has 2 atom stereocenters. The van der Waals surface area contributed by atoms with Crippen molar-refractivity contribution in [2.45, 2.75) is 5.44 Å². The molecule has 0 radical (unpaired) electrons. The Bertz CT molecular complexity index is 247. The Morgan fingerprint density at radius 1 is 1.27 bits per heavy atom. The van der Waals surface area contributed by atoms with Gasteiger partial charge < -0.3 is 9.66 Å². The smallest absolute Gasteiger partial charge is 0.187 e. The zero-order valence-corrected chi connectivity index (χ0v) is 6.49. The normalized spacial score (nSPS) is 15.8. The van der Waals surface area contributed by atoms with Gasteiger partial charge in [0.1, 0.15) is 0 Å². The highest BCUT2D eigenvalue weighted by Crippen LogP contribution is 2.13. The Balaban J connectivity index is 2.85. The summed E-state index contributed by atoms with van der Waals surface area (Å²) in [5.74, 6) is 0. The highest BCUT2D eigenvalue weighted by atomic mass is 32.2. The molecule has 2 unspecified atom stereocenters. The molecule has 0 aliphatic heterocycles. The first-order chi connectivity index (χ1) is 5.22. The molecule has 60 valence electrons. The van der Waals surface area contributed by atoms with Crippen molar-refractivity contribution in [3.63, 3.8) is 0 Å². The second-order valence-electron chi connectivity index (χ2n) is 2.04. The number of hydrogen-bond donors (Lipinski definition) is 2. The van der Waals surface area contributed by atoms with Crippen molar-refractivity contribution >= 4 is 11.1 Å². The molecule has 0 aliphatic carbocycles. The Hall–Kier alpha value is -0.710. The first-order valence-electron chi connectivity index (χ1n) is 3.04. The minimum Gasteiger partial charge on any atom is -0.373 e. The molecular weight excluding hydrogens is 164 g/mol. The molecule has 1 aromatic rings. The second kappa shape index (κ2) is 3.61. The number of aliphatic hydroxyl groups excluding tert-OH is 1. The van der Waals surface area contributed by atoms with Crippen molar-refractivity contribution < 1.29 is 13.9 Å². The molecule has 4 heteroatoms. The second-order valence-corrected chi connectivity index (χ2v) is 3.04. The van der Waals surface area contributed by atoms with E-state index in [0.29, 0.717) is 5.56 Å². The van der Waals surface area contributed by atoms with Crippen LogP contribution in [-0.2, 0) is 11.1 Å². The van der Waals surface area contributed by atoms with Crippen LogP contribution in [0.5, 0.6) is 0 Å². The number of aliphatic hydroxyl groups is 1. The first-order valence-corrected chi connectivity index (χ1v) is 4.21. The van der Waals surface area contributed by atoms with E-state index in [1.807, 2.05) is 0 Å². The molecular formula is C7H8O3S. The number of rotatable bonds is 2. The molecule has 0 spiro atoms. The number of hydrogen-bond acceptors (Lipinski definition) is 2. The maximum Gasteiger partial charge on any atom is 0.187 e. The van der Waals surface area contributed by atoms with Gasteiger partial charge in [0.25, 0.3) is 0 Å². The lowest BCUT2D eigenvalue weighted by Gasteiger charge is -2.04. The molecule has 11 heavy (non-hydrogen) atoms. The highest BCUT2D eigenvalue weighted by molar-refractivity contribution is 7.79. The van der Waals surface area contributed by atoms with Crippen molar-refractivity contribution in [1.82, 2.24) is 0 Å². The average molecular weight is 172 g/mol. The van der Waals surface area contributed by atoms with Gasteiger partial charge in [0.2, 0.25) is 0 Å². The third kappa shape index (κ3) is 2.11. The van der Waals surface area contributed by atoms with E-state index < -0.39 is 16.5 Å². The Labute approximate surface area is 67.0 Å². The zero-order chi connectivity index (χ0) is 8.27. The van der Waals surface area contributed by atoms with Gasteiger partial charge in [0.05, 0.1) is 0 Å². The van der Waals surface area contributed by atoms with E-state index in [1.165, 1.54) is 0 Å². The largest absolute Gasteiger partial charge is 0.373 e. The van der Waals surface area contributed by atoms with E-state index in [0.717, 1.165) is 0 Å². The van der Waals surface area contributed by atoms with Crippen molar-refractivity contribution in [2.75, 3.05) is 0 Å². The van der Waals surface area contributed by atoms with Crippen LogP contribution >= 0.6 is 0 Å². The highest BCUT2D eigenvalue weighted by Gasteiger charge is 2.11. The minimum absolute atomic E-state index is 0.452. The molecule has 1 rings (SSSR count). The summed E-state index contributed by atoms with van der Waals surface area (Å²) in [5.41, 5.74) is -0.843. The summed E-state index contributed by atoms with van der Waals surface area (Å²) in [4.78, 5) is 0. The summed E-state index contributed by atoms with van der Waals surface area (Å²) in [7, 11) is 0. The van der Waals surface area contributed by atoms with Gasteiger partial charge in [0.15, 0.2) is 16.5 Å². The summed E-state index contributed by atoms with van der Waals surface area (Å²) in [6, 6.07) is 8.37. The van der Waals surface area contributed by atoms with Crippen molar-refractivity contribution in [2.24, 2.45) is 0 Å². The van der Waals surface area contributed by atoms with Crippen LogP contribution in [0.25, 0.3) is 0 Å². The van der Waals surface area contributed by atoms with Crippen LogP contribution in [0, 0.1) is 0 Å². The number of benzene rings is 1. The van der Waals surface area contributed by atoms with Crippen molar-refractivity contribution in [3.8, 4) is 0 Å². The van der Waals surface area contributed by atoms with Gasteiger partial charge in [-0.2, -0.15) is 0 Å². The SMILES string of the molecule is O=S(O)C(O)c1ccccc1. The van der Waals surface area contributed by atoms with Gasteiger partial charge >= 0.3 is 0 Å². The maximum absolute atomic E-state index is 10.4. The van der Waals surface area contributed by atoms with Crippen LogP contribution in [0.2, 0.25) is 0 Å². The standard InChI is InChI=1S/C7H8O3S/c8-7(11(9)10)6-4-2-1-3-5-6/h1-5,7-8H,(H,9,10). The Morgan fingerprint density at radius 3 is 2.27 bits per heavy atom. The molecule has 2 N–H and O–H groups in total. The van der Waals surface area contributed by atoms with E-state index in [1.54, 1.807) is 30.3 Å². The third-order valence-corrected chi connectivity index (χ3v) is 1.93. The topological polar surface area (TPSA) is 57.5 Å². The lowest BCUT2D eigenvalue weighted by molar-refractivity contribution is 0.251. The van der Waals surface area contributed by atoms with E-state index in [2.05, 4.69) is 0 Å². The van der Waals surface area contributed by atoms with Crippen molar-refractivity contribution in [1.29, 1.82) is 0 Å². The van der Waals surface area contributed by atoms with Gasteiger partial charge in [-0.1, -0.05) is 30.3 Å². The van der Waals surface area contributed by atoms with Gasteiger partial charge in [-0.05, 0) is 5.56 Å².